The SMILES string of the molecule is CC.COc1cc(CCc2cc(Br)cnc2C#N)cc(OC)c1. The molecule has 4 nitrogen and oxygen atoms in total. The number of halogens is 1. The van der Waals surface area contributed by atoms with Crippen molar-refractivity contribution < 1.29 is 9.47 Å². The molecule has 0 aliphatic heterocycles. The first-order valence-corrected chi connectivity index (χ1v) is 8.22. The molecule has 0 amide bonds. The predicted octanol–water partition coefficient (Wildman–Crippen LogP) is 4.54. The van der Waals surface area contributed by atoms with Gasteiger partial charge in [0.05, 0.1) is 14.2 Å². The van der Waals surface area contributed by atoms with Crippen molar-refractivity contribution in [2.75, 3.05) is 14.2 Å². The lowest BCUT2D eigenvalue weighted by Crippen LogP contribution is -1.98. The van der Waals surface area contributed by atoms with Gasteiger partial charge in [0.2, 0.25) is 0 Å². The van der Waals surface area contributed by atoms with Crippen LogP contribution in [0.2, 0.25) is 0 Å². The van der Waals surface area contributed by atoms with Gasteiger partial charge >= 0.3 is 0 Å². The number of aryl methyl sites for hydroxylation is 2. The average Bonchev–Trinajstić information content (AvgIpc) is 2.61. The first kappa shape index (κ1) is 19.0. The number of benzene rings is 1. The maximum atomic E-state index is 9.10. The van der Waals surface area contributed by atoms with Crippen molar-refractivity contribution in [3.8, 4) is 17.6 Å². The van der Waals surface area contributed by atoms with Gasteiger partial charge in [0.15, 0.2) is 0 Å². The van der Waals surface area contributed by atoms with E-state index < -0.39 is 0 Å². The third kappa shape index (κ3) is 5.57. The summed E-state index contributed by atoms with van der Waals surface area (Å²) in [5.74, 6) is 1.52. The number of methoxy groups -OCH3 is 2. The van der Waals surface area contributed by atoms with Crippen molar-refractivity contribution >= 4 is 15.9 Å². The van der Waals surface area contributed by atoms with Gasteiger partial charge in [-0.15, -0.1) is 0 Å². The minimum atomic E-state index is 0.466. The summed E-state index contributed by atoms with van der Waals surface area (Å²) in [7, 11) is 3.26. The van der Waals surface area contributed by atoms with Gasteiger partial charge in [-0.25, -0.2) is 4.98 Å². The fraction of sp³-hybridized carbons (Fsp3) is 0.333. The lowest BCUT2D eigenvalue weighted by atomic mass is 10.0. The Balaban J connectivity index is 0.00000127. The van der Waals surface area contributed by atoms with Crippen molar-refractivity contribution in [1.29, 1.82) is 5.26 Å². The second-order valence-corrected chi connectivity index (χ2v) is 5.41. The summed E-state index contributed by atoms with van der Waals surface area (Å²) in [6.45, 7) is 4.00. The Hall–Kier alpha value is -2.06. The fourth-order valence-electron chi connectivity index (χ4n) is 2.06. The van der Waals surface area contributed by atoms with Gasteiger partial charge in [0.25, 0.3) is 0 Å². The molecule has 122 valence electrons. The average molecular weight is 377 g/mol. The molecule has 1 aromatic heterocycles. The number of hydrogen-bond donors (Lipinski definition) is 0. The van der Waals surface area contributed by atoms with E-state index in [-0.39, 0.29) is 0 Å². The summed E-state index contributed by atoms with van der Waals surface area (Å²) in [6, 6.07) is 9.84. The van der Waals surface area contributed by atoms with Gasteiger partial charge in [0.1, 0.15) is 23.3 Å². The number of nitrogens with zero attached hydrogens (tertiary/aromatic N) is 2. The van der Waals surface area contributed by atoms with Crippen LogP contribution in [0.5, 0.6) is 11.5 Å². The predicted molar refractivity (Wildman–Crippen MR) is 95.0 cm³/mol. The van der Waals surface area contributed by atoms with Crippen molar-refractivity contribution in [2.24, 2.45) is 0 Å². The monoisotopic (exact) mass is 376 g/mol. The lowest BCUT2D eigenvalue weighted by Gasteiger charge is -2.09. The molecule has 1 heterocycles. The van der Waals surface area contributed by atoms with Crippen molar-refractivity contribution in [3.63, 3.8) is 0 Å². The normalized spacial score (nSPS) is 9.39. The van der Waals surface area contributed by atoms with Crippen LogP contribution in [-0.2, 0) is 12.8 Å². The molecular formula is C18H21BrN2O2. The van der Waals surface area contributed by atoms with Gasteiger partial charge in [-0.2, -0.15) is 5.26 Å². The molecule has 0 N–H and O–H groups in total. The van der Waals surface area contributed by atoms with E-state index >= 15 is 0 Å². The summed E-state index contributed by atoms with van der Waals surface area (Å²) in [5, 5.41) is 9.10. The van der Waals surface area contributed by atoms with Crippen LogP contribution in [0.15, 0.2) is 34.9 Å². The molecule has 0 saturated heterocycles. The van der Waals surface area contributed by atoms with Crippen LogP contribution in [0.1, 0.15) is 30.7 Å². The number of pyridine rings is 1. The van der Waals surface area contributed by atoms with E-state index in [2.05, 4.69) is 27.0 Å². The van der Waals surface area contributed by atoms with E-state index in [9.17, 15) is 0 Å². The first-order chi connectivity index (χ1) is 11.2. The lowest BCUT2D eigenvalue weighted by molar-refractivity contribution is 0.393. The Morgan fingerprint density at radius 1 is 1.04 bits per heavy atom. The molecule has 0 spiro atoms. The second-order valence-electron chi connectivity index (χ2n) is 4.49. The molecule has 5 heteroatoms. The molecule has 1 aromatic carbocycles. The Labute approximate surface area is 146 Å². The number of ether oxygens (including phenoxy) is 2. The minimum absolute atomic E-state index is 0.466. The summed E-state index contributed by atoms with van der Waals surface area (Å²) in [6.07, 6.45) is 3.14. The summed E-state index contributed by atoms with van der Waals surface area (Å²) < 4.78 is 11.4. The third-order valence-corrected chi connectivity index (χ3v) is 3.57. The largest absolute Gasteiger partial charge is 0.497 e. The summed E-state index contributed by atoms with van der Waals surface area (Å²) >= 11 is 3.39. The number of nitriles is 1. The summed E-state index contributed by atoms with van der Waals surface area (Å²) in [4.78, 5) is 4.12. The smallest absolute Gasteiger partial charge is 0.143 e. The quantitative estimate of drug-likeness (QED) is 0.768. The number of aromatic nitrogens is 1. The van der Waals surface area contributed by atoms with Gasteiger partial charge < -0.3 is 9.47 Å². The van der Waals surface area contributed by atoms with E-state index in [0.29, 0.717) is 5.69 Å². The molecule has 0 radical (unpaired) electrons. The standard InChI is InChI=1S/C16H15BrN2O2.C2H6/c1-20-14-5-11(6-15(8-14)21-2)3-4-12-7-13(17)10-19-16(12)9-18;1-2/h5-8,10H,3-4H2,1-2H3;1-2H3. The van der Waals surface area contributed by atoms with E-state index in [1.54, 1.807) is 20.4 Å². The third-order valence-electron chi connectivity index (χ3n) is 3.13. The number of hydrogen-bond acceptors (Lipinski definition) is 4. The Bertz CT molecular complexity index is 659. The Kier molecular flexibility index (Phi) is 8.14. The molecule has 0 fully saturated rings. The molecule has 0 aliphatic carbocycles. The van der Waals surface area contributed by atoms with Crippen LogP contribution in [0, 0.1) is 11.3 Å². The van der Waals surface area contributed by atoms with Crippen LogP contribution in [-0.4, -0.2) is 19.2 Å². The first-order valence-electron chi connectivity index (χ1n) is 7.42. The molecule has 23 heavy (non-hydrogen) atoms. The van der Waals surface area contributed by atoms with Gasteiger partial charge in [-0.05, 0) is 58.1 Å². The van der Waals surface area contributed by atoms with E-state index in [4.69, 9.17) is 14.7 Å². The van der Waals surface area contributed by atoms with Gasteiger partial charge in [-0.1, -0.05) is 13.8 Å². The summed E-state index contributed by atoms with van der Waals surface area (Å²) in [5.41, 5.74) is 2.48. The zero-order chi connectivity index (χ0) is 17.2. The van der Waals surface area contributed by atoms with E-state index in [1.807, 2.05) is 38.1 Å². The van der Waals surface area contributed by atoms with Crippen LogP contribution in [0.25, 0.3) is 0 Å². The highest BCUT2D eigenvalue weighted by atomic mass is 79.9. The second kappa shape index (κ2) is 9.86. The molecule has 0 saturated carbocycles. The highest BCUT2D eigenvalue weighted by molar-refractivity contribution is 9.10. The minimum Gasteiger partial charge on any atom is -0.497 e. The topological polar surface area (TPSA) is 55.1 Å². The molecule has 2 rings (SSSR count). The highest BCUT2D eigenvalue weighted by Gasteiger charge is 2.07. The molecule has 2 aromatic rings. The maximum absolute atomic E-state index is 9.10. The Morgan fingerprint density at radius 3 is 2.17 bits per heavy atom. The van der Waals surface area contributed by atoms with Crippen molar-refractivity contribution in [2.45, 2.75) is 26.7 Å². The maximum Gasteiger partial charge on any atom is 0.143 e. The highest BCUT2D eigenvalue weighted by Crippen LogP contribution is 2.24. The van der Waals surface area contributed by atoms with Crippen molar-refractivity contribution in [3.05, 3.63) is 51.8 Å². The molecule has 0 bridgehead atoms. The van der Waals surface area contributed by atoms with Crippen LogP contribution >= 0.6 is 15.9 Å². The van der Waals surface area contributed by atoms with Crippen molar-refractivity contribution in [1.82, 2.24) is 4.98 Å². The van der Waals surface area contributed by atoms with Gasteiger partial charge in [0, 0.05) is 16.7 Å². The molecular weight excluding hydrogens is 356 g/mol. The van der Waals surface area contributed by atoms with E-state index in [0.717, 1.165) is 39.9 Å². The number of rotatable bonds is 5. The van der Waals surface area contributed by atoms with Crippen LogP contribution in [0.4, 0.5) is 0 Å². The van der Waals surface area contributed by atoms with Crippen LogP contribution < -0.4 is 9.47 Å². The zero-order valence-electron chi connectivity index (χ0n) is 13.9. The van der Waals surface area contributed by atoms with E-state index in [1.165, 1.54) is 0 Å². The van der Waals surface area contributed by atoms with Crippen LogP contribution in [0.3, 0.4) is 0 Å². The zero-order valence-corrected chi connectivity index (χ0v) is 15.5. The molecule has 0 unspecified atom stereocenters. The van der Waals surface area contributed by atoms with Gasteiger partial charge in [-0.3, -0.25) is 0 Å². The Morgan fingerprint density at radius 2 is 1.65 bits per heavy atom. The fourth-order valence-corrected chi connectivity index (χ4v) is 2.44. The molecule has 0 atom stereocenters. The molecule has 0 aliphatic rings.